The van der Waals surface area contributed by atoms with Crippen LogP contribution in [0, 0.1) is 28.6 Å². The maximum absolute atomic E-state index is 17.4. The number of alkyl halides is 1. The molecule has 0 amide bonds. The molecule has 7 nitrogen and oxygen atoms in total. The van der Waals surface area contributed by atoms with Crippen molar-refractivity contribution in [1.82, 2.24) is 0 Å². The van der Waals surface area contributed by atoms with Gasteiger partial charge in [-0.25, -0.2) is 4.39 Å². The number of aliphatic hydroxyl groups is 3. The summed E-state index contributed by atoms with van der Waals surface area (Å²) < 4.78 is 17.4. The van der Waals surface area contributed by atoms with Gasteiger partial charge in [0.25, 0.3) is 0 Å². The fraction of sp³-hybridized carbons (Fsp3) is 0.769. The van der Waals surface area contributed by atoms with Crippen LogP contribution in [0.25, 0.3) is 0 Å². The summed E-state index contributed by atoms with van der Waals surface area (Å²) in [5.41, 5.74) is -3.52. The van der Waals surface area contributed by atoms with Crippen LogP contribution in [0.2, 0.25) is 0 Å². The third kappa shape index (κ3) is 3.17. The molecule has 0 unspecified atom stereocenters. The summed E-state index contributed by atoms with van der Waals surface area (Å²) in [7, 11) is 0. The second-order valence-corrected chi connectivity index (χ2v) is 10.8. The fourth-order valence-electron chi connectivity index (χ4n) is 7.73. The van der Waals surface area contributed by atoms with E-state index in [1.807, 2.05) is 39.8 Å². The molecule has 3 N–H and O–H groups in total. The Labute approximate surface area is 201 Å². The molecule has 3 saturated carbocycles. The Morgan fingerprint density at radius 3 is 2.56 bits per heavy atom. The molecule has 0 bridgehead atoms. The Morgan fingerprint density at radius 1 is 1.21 bits per heavy atom. The summed E-state index contributed by atoms with van der Waals surface area (Å²) >= 11 is 0. The zero-order chi connectivity index (χ0) is 24.9. The van der Waals surface area contributed by atoms with E-state index < -0.39 is 40.7 Å². The topological polar surface area (TPSA) is 104 Å². The van der Waals surface area contributed by atoms with E-state index in [0.717, 1.165) is 5.57 Å². The summed E-state index contributed by atoms with van der Waals surface area (Å²) in [5.74, 6) is -0.925. The zero-order valence-electron chi connectivity index (χ0n) is 20.9. The van der Waals surface area contributed by atoms with E-state index in [1.165, 1.54) is 0 Å². The summed E-state index contributed by atoms with van der Waals surface area (Å²) in [6.07, 6.45) is 6.07. The van der Waals surface area contributed by atoms with E-state index in [4.69, 9.17) is 9.68 Å². The van der Waals surface area contributed by atoms with Gasteiger partial charge in [-0.2, -0.15) is 0 Å². The average molecular weight is 479 g/mol. The van der Waals surface area contributed by atoms with Crippen LogP contribution >= 0.6 is 0 Å². The van der Waals surface area contributed by atoms with Gasteiger partial charge in [0.2, 0.25) is 0 Å². The number of nitrogens with zero attached hydrogens (tertiary/aromatic N) is 2. The molecule has 0 radical (unpaired) electrons. The van der Waals surface area contributed by atoms with Gasteiger partial charge in [0.15, 0.2) is 5.67 Å². The molecular weight excluding hydrogens is 439 g/mol. The molecular formula is C26H39FN2O5. The molecule has 34 heavy (non-hydrogen) atoms. The standard InChI is InChI=1S/C26H39FN2O5/c1-6-33-28-18-10-11-23(4)17(13-18)8-9-19-20-12-16(3)26(32,21(15-30)29-34-7-2)24(20,5)14-22(31)25(19,23)27/h10-11,13,16,19-20,22,30-32H,6-9,12,14-15H2,1-5H3/b28-18-,29-21+/t16-,19+,20+,22+,23+,24+,25+,26+/m1/s1. The van der Waals surface area contributed by atoms with Crippen LogP contribution in [-0.2, 0) is 9.68 Å². The summed E-state index contributed by atoms with van der Waals surface area (Å²) in [5, 5.41) is 41.8. The van der Waals surface area contributed by atoms with Crippen LogP contribution in [0.3, 0.4) is 0 Å². The molecule has 0 saturated heterocycles. The summed E-state index contributed by atoms with van der Waals surface area (Å²) in [4.78, 5) is 10.4. The molecule has 8 heteroatoms. The minimum absolute atomic E-state index is 0.0628. The summed E-state index contributed by atoms with van der Waals surface area (Å²) in [6, 6.07) is 0. The van der Waals surface area contributed by atoms with E-state index in [1.54, 1.807) is 13.0 Å². The lowest BCUT2D eigenvalue weighted by Gasteiger charge is -2.62. The molecule has 0 aromatic heterocycles. The smallest absolute Gasteiger partial charge is 0.152 e. The highest BCUT2D eigenvalue weighted by molar-refractivity contribution is 6.05. The highest BCUT2D eigenvalue weighted by atomic mass is 19.1. The van der Waals surface area contributed by atoms with Gasteiger partial charge in [0.05, 0.1) is 12.7 Å². The van der Waals surface area contributed by atoms with E-state index in [-0.39, 0.29) is 24.0 Å². The van der Waals surface area contributed by atoms with Crippen molar-refractivity contribution in [3.63, 3.8) is 0 Å². The van der Waals surface area contributed by atoms with Gasteiger partial charge >= 0.3 is 0 Å². The minimum Gasteiger partial charge on any atom is -0.396 e. The van der Waals surface area contributed by atoms with Crippen molar-refractivity contribution in [3.8, 4) is 0 Å². The van der Waals surface area contributed by atoms with E-state index in [2.05, 4.69) is 10.3 Å². The van der Waals surface area contributed by atoms with Crippen LogP contribution < -0.4 is 0 Å². The van der Waals surface area contributed by atoms with Crippen molar-refractivity contribution in [2.24, 2.45) is 38.9 Å². The molecule has 4 aliphatic rings. The molecule has 4 aliphatic carbocycles. The first-order valence-corrected chi connectivity index (χ1v) is 12.5. The Bertz CT molecular complexity index is 934. The van der Waals surface area contributed by atoms with Crippen LogP contribution in [-0.4, -0.2) is 63.9 Å². The van der Waals surface area contributed by atoms with E-state index in [0.29, 0.717) is 38.2 Å². The van der Waals surface area contributed by atoms with Gasteiger partial charge in [0.1, 0.15) is 30.2 Å². The average Bonchev–Trinajstić information content (AvgIpc) is 3.00. The van der Waals surface area contributed by atoms with Crippen LogP contribution in [0.4, 0.5) is 4.39 Å². The quantitative estimate of drug-likeness (QED) is 0.400. The third-order valence-electron chi connectivity index (χ3n) is 9.43. The van der Waals surface area contributed by atoms with Gasteiger partial charge in [-0.05, 0) is 70.4 Å². The van der Waals surface area contributed by atoms with Crippen molar-refractivity contribution < 1.29 is 29.4 Å². The minimum atomic E-state index is -1.89. The number of hydrogen-bond acceptors (Lipinski definition) is 7. The van der Waals surface area contributed by atoms with Gasteiger partial charge < -0.3 is 25.0 Å². The van der Waals surface area contributed by atoms with Gasteiger partial charge in [0, 0.05) is 16.7 Å². The maximum Gasteiger partial charge on any atom is 0.152 e. The molecule has 0 spiro atoms. The van der Waals surface area contributed by atoms with Crippen molar-refractivity contribution in [1.29, 1.82) is 0 Å². The second kappa shape index (κ2) is 8.71. The second-order valence-electron chi connectivity index (χ2n) is 10.8. The van der Waals surface area contributed by atoms with Crippen molar-refractivity contribution in [2.75, 3.05) is 19.8 Å². The SMILES string of the molecule is CCO/N=C1/C=C[C@@]2(C)C(=C1)CC[C@H]1[C@@H]3C[C@@H](C)[C@](O)(/C(CO)=N/OCC)[C@@]3(C)C[C@H](O)[C@@]12F. The molecule has 190 valence electrons. The normalized spacial score (nSPS) is 47.0. The number of oxime groups is 2. The molecule has 0 aromatic rings. The predicted octanol–water partition coefficient (Wildman–Crippen LogP) is 3.54. The summed E-state index contributed by atoms with van der Waals surface area (Å²) in [6.45, 7) is 9.64. The highest BCUT2D eigenvalue weighted by Gasteiger charge is 2.75. The van der Waals surface area contributed by atoms with Gasteiger partial charge in [-0.15, -0.1) is 0 Å². The Hall–Kier alpha value is -1.77. The van der Waals surface area contributed by atoms with Crippen LogP contribution in [0.5, 0.6) is 0 Å². The zero-order valence-corrected chi connectivity index (χ0v) is 20.9. The third-order valence-corrected chi connectivity index (χ3v) is 9.43. The number of halogens is 1. The van der Waals surface area contributed by atoms with Crippen molar-refractivity contribution in [3.05, 3.63) is 23.8 Å². The molecule has 0 aliphatic heterocycles. The van der Waals surface area contributed by atoms with Crippen LogP contribution in [0.15, 0.2) is 34.1 Å². The molecule has 4 rings (SSSR count). The van der Waals surface area contributed by atoms with Crippen LogP contribution in [0.1, 0.15) is 60.3 Å². The lowest BCUT2D eigenvalue weighted by molar-refractivity contribution is -0.209. The fourth-order valence-corrected chi connectivity index (χ4v) is 7.73. The van der Waals surface area contributed by atoms with E-state index >= 15 is 4.39 Å². The maximum atomic E-state index is 17.4. The predicted molar refractivity (Wildman–Crippen MR) is 128 cm³/mol. The van der Waals surface area contributed by atoms with Gasteiger partial charge in [-0.3, -0.25) is 0 Å². The first-order valence-electron chi connectivity index (χ1n) is 12.5. The number of allylic oxidation sites excluding steroid dienone is 4. The molecule has 0 aromatic carbocycles. The van der Waals surface area contributed by atoms with E-state index in [9.17, 15) is 15.3 Å². The monoisotopic (exact) mass is 478 g/mol. The highest BCUT2D eigenvalue weighted by Crippen LogP contribution is 2.70. The van der Waals surface area contributed by atoms with Crippen molar-refractivity contribution >= 4 is 11.4 Å². The Balaban J connectivity index is 1.76. The number of fused-ring (bicyclic) bond motifs is 5. The first kappa shape index (κ1) is 25.3. The number of hydrogen-bond donors (Lipinski definition) is 3. The largest absolute Gasteiger partial charge is 0.396 e. The molecule has 8 atom stereocenters. The Kier molecular flexibility index (Phi) is 6.49. The molecule has 0 heterocycles. The van der Waals surface area contributed by atoms with Crippen molar-refractivity contribution in [2.45, 2.75) is 77.7 Å². The lowest BCUT2D eigenvalue weighted by Crippen LogP contribution is -2.69. The lowest BCUT2D eigenvalue weighted by atomic mass is 9.44. The first-order chi connectivity index (χ1) is 16.0. The van der Waals surface area contributed by atoms with Gasteiger partial charge in [-0.1, -0.05) is 35.8 Å². The molecule has 3 fully saturated rings. The number of rotatable bonds is 6. The number of aliphatic hydroxyl groups excluding tert-OH is 2. The Morgan fingerprint density at radius 2 is 1.91 bits per heavy atom.